The molecule has 2 aliphatic heterocycles. The molecule has 0 bridgehead atoms. The Labute approximate surface area is 321 Å². The Bertz CT molecular complexity index is 1920. The number of carbonyl (C=O) groups is 4. The van der Waals surface area contributed by atoms with Crippen LogP contribution in [0.5, 0.6) is 5.75 Å². The van der Waals surface area contributed by atoms with Crippen LogP contribution in [-0.2, 0) is 56.5 Å². The van der Waals surface area contributed by atoms with Crippen molar-refractivity contribution in [2.24, 2.45) is 5.92 Å². The highest BCUT2D eigenvalue weighted by Gasteiger charge is 2.33. The predicted octanol–water partition coefficient (Wildman–Crippen LogP) is 5.43. The molecule has 3 N–H and O–H groups in total. The zero-order valence-corrected chi connectivity index (χ0v) is 30.7. The van der Waals surface area contributed by atoms with E-state index in [9.17, 15) is 24.3 Å². The Balaban J connectivity index is 1.16. The summed E-state index contributed by atoms with van der Waals surface area (Å²) in [6, 6.07) is 32.3. The van der Waals surface area contributed by atoms with Crippen LogP contribution >= 0.6 is 0 Å². The van der Waals surface area contributed by atoms with Crippen molar-refractivity contribution in [2.75, 3.05) is 13.2 Å². The number of allylic oxidation sites excluding steroid dienone is 1. The zero-order valence-electron chi connectivity index (χ0n) is 30.7. The Morgan fingerprint density at radius 2 is 1.45 bits per heavy atom. The van der Waals surface area contributed by atoms with Crippen molar-refractivity contribution in [1.29, 1.82) is 0 Å². The summed E-state index contributed by atoms with van der Waals surface area (Å²) in [4.78, 5) is 55.6. The van der Waals surface area contributed by atoms with Crippen molar-refractivity contribution in [3.8, 4) is 5.75 Å². The van der Waals surface area contributed by atoms with E-state index >= 15 is 0 Å². The van der Waals surface area contributed by atoms with Gasteiger partial charge < -0.3 is 34.9 Å². The summed E-state index contributed by atoms with van der Waals surface area (Å²) >= 11 is 0. The van der Waals surface area contributed by atoms with E-state index in [2.05, 4.69) is 10.6 Å². The molecule has 0 fully saturated rings. The number of nitrogens with zero attached hydrogens (tertiary/aromatic N) is 1. The lowest BCUT2D eigenvalue weighted by Crippen LogP contribution is -2.49. The topological polar surface area (TPSA) is 144 Å². The Kier molecular flexibility index (Phi) is 13.7. The van der Waals surface area contributed by atoms with Crippen LogP contribution in [0.25, 0.3) is 0 Å². The first kappa shape index (κ1) is 38.8. The molecule has 0 saturated heterocycles. The van der Waals surface area contributed by atoms with Crippen molar-refractivity contribution < 1.29 is 38.5 Å². The SMILES string of the molecule is O=C(N[C@@H]1CC=CC[C@H](CC(=O)N2Cc3ccccc3C[C@H]2CO)C(=O)N[C@@H](Cc2ccc(OCc3ccccc3)cc2)COC1=O)OCc1ccccc1. The first-order valence-corrected chi connectivity index (χ1v) is 18.7. The highest BCUT2D eigenvalue weighted by atomic mass is 16.6. The van der Waals surface area contributed by atoms with Crippen LogP contribution in [0.2, 0.25) is 0 Å². The number of hydrogen-bond acceptors (Lipinski definition) is 8. The molecule has 4 atom stereocenters. The van der Waals surface area contributed by atoms with E-state index in [4.69, 9.17) is 14.2 Å². The van der Waals surface area contributed by atoms with Gasteiger partial charge in [0.25, 0.3) is 0 Å². The quantitative estimate of drug-likeness (QED) is 0.136. The molecule has 4 aromatic carbocycles. The van der Waals surface area contributed by atoms with Gasteiger partial charge in [-0.15, -0.1) is 0 Å². The molecule has 3 amide bonds. The Hall–Kier alpha value is -5.94. The maximum atomic E-state index is 14.0. The van der Waals surface area contributed by atoms with Gasteiger partial charge in [0.2, 0.25) is 11.8 Å². The lowest BCUT2D eigenvalue weighted by Gasteiger charge is -2.36. The van der Waals surface area contributed by atoms with Gasteiger partial charge in [0.15, 0.2) is 0 Å². The number of cyclic esters (lactones) is 1. The predicted molar refractivity (Wildman–Crippen MR) is 205 cm³/mol. The van der Waals surface area contributed by atoms with Crippen LogP contribution in [0.4, 0.5) is 4.79 Å². The normalized spacial score (nSPS) is 20.1. The molecule has 0 spiro atoms. The van der Waals surface area contributed by atoms with Crippen LogP contribution in [0.3, 0.4) is 0 Å². The van der Waals surface area contributed by atoms with Gasteiger partial charge in [-0.2, -0.15) is 0 Å². The number of aliphatic hydroxyl groups excluding tert-OH is 1. The lowest BCUT2D eigenvalue weighted by atomic mass is 9.92. The number of hydrogen-bond donors (Lipinski definition) is 3. The van der Waals surface area contributed by atoms with Gasteiger partial charge in [-0.3, -0.25) is 9.59 Å². The standard InChI is InChI=1S/C44H47N3O8/c48-27-38-24-34-15-7-8-17-36(34)26-47(38)41(49)25-35-16-9-10-18-40(46-44(52)55-29-33-13-5-2-6-14-33)43(51)54-30-37(45-42(35)50)23-31-19-21-39(22-20-31)53-28-32-11-3-1-4-12-32/h1-15,17,19-22,35,37-38,40,48H,16,18,23-30H2,(H,45,50)(H,46,52)/t35-,37+,38+,40-/m1/s1. The Morgan fingerprint density at radius 3 is 2.16 bits per heavy atom. The number of carbonyl (C=O) groups excluding carboxylic acids is 4. The monoisotopic (exact) mass is 745 g/mol. The van der Waals surface area contributed by atoms with Crippen molar-refractivity contribution in [1.82, 2.24) is 15.5 Å². The number of rotatable bonds is 11. The molecule has 11 heteroatoms. The third-order valence-electron chi connectivity index (χ3n) is 9.85. The first-order chi connectivity index (χ1) is 26.8. The molecule has 2 aliphatic rings. The highest BCUT2D eigenvalue weighted by molar-refractivity contribution is 5.86. The minimum absolute atomic E-state index is 0.0317. The van der Waals surface area contributed by atoms with Gasteiger partial charge in [0, 0.05) is 13.0 Å². The van der Waals surface area contributed by atoms with Gasteiger partial charge in [0.1, 0.15) is 31.6 Å². The maximum absolute atomic E-state index is 14.0. The van der Waals surface area contributed by atoms with Gasteiger partial charge in [-0.1, -0.05) is 109 Å². The van der Waals surface area contributed by atoms with E-state index in [0.29, 0.717) is 31.7 Å². The smallest absolute Gasteiger partial charge is 0.408 e. The maximum Gasteiger partial charge on any atom is 0.408 e. The molecule has 0 aliphatic carbocycles. The van der Waals surface area contributed by atoms with Crippen LogP contribution in [-0.4, -0.2) is 65.2 Å². The van der Waals surface area contributed by atoms with Gasteiger partial charge in [-0.25, -0.2) is 9.59 Å². The van der Waals surface area contributed by atoms with Gasteiger partial charge in [0.05, 0.1) is 24.6 Å². The fourth-order valence-electron chi connectivity index (χ4n) is 6.77. The van der Waals surface area contributed by atoms with E-state index in [-0.39, 0.29) is 50.9 Å². The van der Waals surface area contributed by atoms with Crippen molar-refractivity contribution in [3.63, 3.8) is 0 Å². The van der Waals surface area contributed by atoms with E-state index in [0.717, 1.165) is 27.8 Å². The molecule has 4 aromatic rings. The van der Waals surface area contributed by atoms with E-state index < -0.39 is 36.1 Å². The molecule has 55 heavy (non-hydrogen) atoms. The summed E-state index contributed by atoms with van der Waals surface area (Å²) in [6.07, 6.45) is 3.75. The molecule has 0 radical (unpaired) electrons. The molecule has 0 unspecified atom stereocenters. The third kappa shape index (κ3) is 11.3. The van der Waals surface area contributed by atoms with E-state index in [1.807, 2.05) is 109 Å². The number of alkyl carbamates (subject to hydrolysis) is 1. The Morgan fingerprint density at radius 1 is 0.800 bits per heavy atom. The molecular formula is C44H47N3O8. The van der Waals surface area contributed by atoms with Gasteiger partial charge in [-0.05, 0) is 65.6 Å². The number of amides is 3. The minimum Gasteiger partial charge on any atom is -0.489 e. The molecule has 286 valence electrons. The van der Waals surface area contributed by atoms with Crippen LogP contribution in [0.1, 0.15) is 47.1 Å². The van der Waals surface area contributed by atoms with E-state index in [1.54, 1.807) is 17.1 Å². The molecule has 6 rings (SSSR count). The number of aliphatic hydroxyl groups is 1. The summed E-state index contributed by atoms with van der Waals surface area (Å²) in [5, 5.41) is 15.9. The summed E-state index contributed by atoms with van der Waals surface area (Å²) in [7, 11) is 0. The highest BCUT2D eigenvalue weighted by Crippen LogP contribution is 2.26. The average Bonchev–Trinajstić information content (AvgIpc) is 3.22. The largest absolute Gasteiger partial charge is 0.489 e. The zero-order chi connectivity index (χ0) is 38.4. The van der Waals surface area contributed by atoms with Crippen LogP contribution in [0.15, 0.2) is 121 Å². The lowest BCUT2D eigenvalue weighted by molar-refractivity contribution is -0.147. The second-order valence-corrected chi connectivity index (χ2v) is 13.9. The number of esters is 1. The number of benzene rings is 4. The average molecular weight is 746 g/mol. The molecule has 0 saturated carbocycles. The molecule has 2 heterocycles. The number of ether oxygens (including phenoxy) is 3. The third-order valence-corrected chi connectivity index (χ3v) is 9.85. The minimum atomic E-state index is -1.05. The summed E-state index contributed by atoms with van der Waals surface area (Å²) in [5.74, 6) is -1.31. The summed E-state index contributed by atoms with van der Waals surface area (Å²) in [6.45, 7) is 0.434. The molecule has 11 nitrogen and oxygen atoms in total. The summed E-state index contributed by atoms with van der Waals surface area (Å²) < 4.78 is 17.0. The fourth-order valence-corrected chi connectivity index (χ4v) is 6.77. The van der Waals surface area contributed by atoms with Crippen molar-refractivity contribution in [2.45, 2.75) is 70.0 Å². The fraction of sp³-hybridized carbons (Fsp3) is 0.318. The van der Waals surface area contributed by atoms with Crippen molar-refractivity contribution in [3.05, 3.63) is 149 Å². The number of nitrogens with one attached hydrogen (secondary N) is 2. The second kappa shape index (κ2) is 19.4. The van der Waals surface area contributed by atoms with Crippen LogP contribution < -0.4 is 15.4 Å². The first-order valence-electron chi connectivity index (χ1n) is 18.7. The second-order valence-electron chi connectivity index (χ2n) is 13.9. The van der Waals surface area contributed by atoms with Gasteiger partial charge >= 0.3 is 12.1 Å². The summed E-state index contributed by atoms with van der Waals surface area (Å²) in [5.41, 5.74) is 4.82. The number of fused-ring (bicyclic) bond motifs is 1. The van der Waals surface area contributed by atoms with Crippen molar-refractivity contribution >= 4 is 23.9 Å². The molecule has 0 aromatic heterocycles. The van der Waals surface area contributed by atoms with E-state index in [1.165, 1.54) is 0 Å². The van der Waals surface area contributed by atoms with Crippen LogP contribution in [0, 0.1) is 5.92 Å². The molecular weight excluding hydrogens is 698 g/mol.